The van der Waals surface area contributed by atoms with Gasteiger partial charge in [-0.25, -0.2) is 8.42 Å². The molecule has 0 aliphatic heterocycles. The van der Waals surface area contributed by atoms with Gasteiger partial charge in [0.15, 0.2) is 5.17 Å². The molecule has 1 aromatic heterocycles. The number of aliphatic imine (C=N–C) groups is 1. The molecule has 3 rings (SSSR count). The Hall–Kier alpha value is -3.18. The average molecular weight is 446 g/mol. The maximum absolute atomic E-state index is 13.1. The molecule has 1 N–H and O–H groups in total. The first-order chi connectivity index (χ1) is 14.5. The maximum Gasteiger partial charge on any atom is 0.324 e. The number of benzene rings is 2. The third-order valence-electron chi connectivity index (χ3n) is 3.83. The van der Waals surface area contributed by atoms with Gasteiger partial charge in [0.2, 0.25) is 0 Å². The van der Waals surface area contributed by atoms with E-state index in [9.17, 15) is 8.42 Å². The molecule has 9 nitrogen and oxygen atoms in total. The van der Waals surface area contributed by atoms with Crippen molar-refractivity contribution in [1.82, 2.24) is 19.7 Å². The Morgan fingerprint density at radius 3 is 2.13 bits per heavy atom. The van der Waals surface area contributed by atoms with Crippen LogP contribution in [0.15, 0.2) is 64.5 Å². The van der Waals surface area contributed by atoms with Crippen LogP contribution in [-0.4, -0.2) is 49.0 Å². The smallest absolute Gasteiger partial charge is 0.324 e. The van der Waals surface area contributed by atoms with Gasteiger partial charge in [0.25, 0.3) is 16.0 Å². The fourth-order valence-corrected chi connectivity index (χ4v) is 4.44. The van der Waals surface area contributed by atoms with Gasteiger partial charge in [-0.1, -0.05) is 60.3 Å². The number of thioether (sulfide) groups is 1. The van der Waals surface area contributed by atoms with Gasteiger partial charge in [-0.15, -0.1) is 4.98 Å². The zero-order valence-electron chi connectivity index (χ0n) is 16.4. The minimum absolute atomic E-state index is 0.00154. The summed E-state index contributed by atoms with van der Waals surface area (Å²) >= 11 is 1.09. The first kappa shape index (κ1) is 21.5. The molecule has 0 bridgehead atoms. The summed E-state index contributed by atoms with van der Waals surface area (Å²) in [6.07, 6.45) is 1.68. The second-order valence-corrected chi connectivity index (χ2v) is 8.14. The van der Waals surface area contributed by atoms with E-state index in [1.165, 1.54) is 20.3 Å². The first-order valence-corrected chi connectivity index (χ1v) is 11.3. The van der Waals surface area contributed by atoms with Gasteiger partial charge >= 0.3 is 12.0 Å². The van der Waals surface area contributed by atoms with Crippen molar-refractivity contribution >= 4 is 32.9 Å². The van der Waals surface area contributed by atoms with E-state index in [0.717, 1.165) is 17.3 Å². The highest BCUT2D eigenvalue weighted by Crippen LogP contribution is 2.27. The molecule has 0 saturated carbocycles. The van der Waals surface area contributed by atoms with Crippen molar-refractivity contribution in [2.45, 2.75) is 4.90 Å². The summed E-state index contributed by atoms with van der Waals surface area (Å²) in [6.45, 7) is 0. The molecule has 0 saturated heterocycles. The number of methoxy groups -OCH3 is 2. The van der Waals surface area contributed by atoms with Crippen LogP contribution in [0.5, 0.6) is 12.0 Å². The van der Waals surface area contributed by atoms with Crippen LogP contribution in [0.1, 0.15) is 0 Å². The highest BCUT2D eigenvalue weighted by molar-refractivity contribution is 8.14. The molecule has 0 spiro atoms. The normalized spacial score (nSPS) is 11.8. The zero-order valence-corrected chi connectivity index (χ0v) is 18.1. The molecule has 0 fully saturated rings. The summed E-state index contributed by atoms with van der Waals surface area (Å²) in [5.41, 5.74) is 1.36. The van der Waals surface area contributed by atoms with Crippen molar-refractivity contribution in [2.24, 2.45) is 4.99 Å². The van der Waals surface area contributed by atoms with E-state index in [1.54, 1.807) is 24.5 Å². The quantitative estimate of drug-likeness (QED) is 0.455. The Balaban J connectivity index is 1.98. The van der Waals surface area contributed by atoms with Crippen molar-refractivity contribution in [3.05, 3.63) is 54.6 Å². The third-order valence-corrected chi connectivity index (χ3v) is 5.93. The van der Waals surface area contributed by atoms with E-state index in [4.69, 9.17) is 9.47 Å². The first-order valence-electron chi connectivity index (χ1n) is 8.61. The number of nitrogens with one attached hydrogen (secondary N) is 1. The standard InChI is InChI=1S/C19H19N5O4S2/c1-27-17-20-16(21-18(23-17)28-2)22-19(29-3)24-30(25,26)15-12-8-7-11-14(15)13-9-5-4-6-10-13/h4-12H,1-3H3,(H,20,21,22,23,24). The number of hydrogen-bond donors (Lipinski definition) is 1. The molecule has 0 atom stereocenters. The average Bonchev–Trinajstić information content (AvgIpc) is 2.78. The minimum atomic E-state index is -3.94. The Kier molecular flexibility index (Phi) is 6.85. The summed E-state index contributed by atoms with van der Waals surface area (Å²) < 4.78 is 38.7. The van der Waals surface area contributed by atoms with Crippen molar-refractivity contribution < 1.29 is 17.9 Å². The Labute approximate surface area is 178 Å². The van der Waals surface area contributed by atoms with E-state index in [1.807, 2.05) is 30.3 Å². The SMILES string of the molecule is COc1nc(N=C(NS(=O)(=O)c2ccccc2-c2ccccc2)SC)nc(OC)n1. The lowest BCUT2D eigenvalue weighted by atomic mass is 10.1. The fourth-order valence-electron chi connectivity index (χ4n) is 2.49. The van der Waals surface area contributed by atoms with E-state index >= 15 is 0 Å². The second-order valence-electron chi connectivity index (χ2n) is 5.70. The lowest BCUT2D eigenvalue weighted by Gasteiger charge is -2.13. The number of aromatic nitrogens is 3. The summed E-state index contributed by atoms with van der Waals surface area (Å²) in [4.78, 5) is 16.2. The highest BCUT2D eigenvalue weighted by atomic mass is 32.2. The molecular formula is C19H19N5O4S2. The molecule has 0 radical (unpaired) electrons. The Bertz CT molecular complexity index is 1130. The van der Waals surface area contributed by atoms with Gasteiger partial charge in [0, 0.05) is 5.56 Å². The van der Waals surface area contributed by atoms with Crippen LogP contribution in [0.25, 0.3) is 11.1 Å². The number of hydrogen-bond acceptors (Lipinski definition) is 9. The Morgan fingerprint density at radius 2 is 1.53 bits per heavy atom. The van der Waals surface area contributed by atoms with Crippen LogP contribution in [-0.2, 0) is 10.0 Å². The summed E-state index contributed by atoms with van der Waals surface area (Å²) in [5, 5.41) is 0.0770. The molecule has 30 heavy (non-hydrogen) atoms. The number of rotatable bonds is 6. The highest BCUT2D eigenvalue weighted by Gasteiger charge is 2.21. The van der Waals surface area contributed by atoms with E-state index < -0.39 is 10.0 Å². The zero-order chi connectivity index (χ0) is 21.6. The van der Waals surface area contributed by atoms with Crippen molar-refractivity contribution in [3.8, 4) is 23.1 Å². The largest absolute Gasteiger partial charge is 0.467 e. The van der Waals surface area contributed by atoms with Crippen LogP contribution in [0.4, 0.5) is 5.95 Å². The minimum Gasteiger partial charge on any atom is -0.467 e. The number of amidine groups is 1. The Morgan fingerprint density at radius 1 is 0.933 bits per heavy atom. The van der Waals surface area contributed by atoms with Gasteiger partial charge in [-0.3, -0.25) is 4.72 Å². The van der Waals surface area contributed by atoms with Gasteiger partial charge in [-0.2, -0.15) is 15.0 Å². The third kappa shape index (κ3) is 5.05. The van der Waals surface area contributed by atoms with Crippen LogP contribution in [0.2, 0.25) is 0 Å². The summed E-state index contributed by atoms with van der Waals surface area (Å²) in [7, 11) is -1.16. The van der Waals surface area contributed by atoms with Crippen LogP contribution < -0.4 is 14.2 Å². The molecular weight excluding hydrogens is 426 g/mol. The molecule has 11 heteroatoms. The van der Waals surface area contributed by atoms with Gasteiger partial charge in [-0.05, 0) is 17.9 Å². The van der Waals surface area contributed by atoms with Crippen molar-refractivity contribution in [1.29, 1.82) is 0 Å². The number of sulfonamides is 1. The van der Waals surface area contributed by atoms with Crippen molar-refractivity contribution in [2.75, 3.05) is 20.5 Å². The van der Waals surface area contributed by atoms with Crippen LogP contribution in [0, 0.1) is 0 Å². The fraction of sp³-hybridized carbons (Fsp3) is 0.158. The molecule has 0 amide bonds. The lowest BCUT2D eigenvalue weighted by molar-refractivity contribution is 0.341. The monoisotopic (exact) mass is 445 g/mol. The van der Waals surface area contributed by atoms with Gasteiger partial charge in [0.05, 0.1) is 19.1 Å². The summed E-state index contributed by atoms with van der Waals surface area (Å²) in [5.74, 6) is -0.0536. The molecule has 0 unspecified atom stereocenters. The van der Waals surface area contributed by atoms with E-state index in [2.05, 4.69) is 24.7 Å². The van der Waals surface area contributed by atoms with E-state index in [0.29, 0.717) is 5.56 Å². The maximum atomic E-state index is 13.1. The van der Waals surface area contributed by atoms with Crippen molar-refractivity contribution in [3.63, 3.8) is 0 Å². The molecule has 0 aliphatic carbocycles. The molecule has 3 aromatic rings. The topological polar surface area (TPSA) is 116 Å². The van der Waals surface area contributed by atoms with Gasteiger partial charge in [0.1, 0.15) is 0 Å². The predicted octanol–water partition coefficient (Wildman–Crippen LogP) is 2.88. The van der Waals surface area contributed by atoms with Crippen LogP contribution in [0.3, 0.4) is 0 Å². The van der Waals surface area contributed by atoms with Crippen LogP contribution >= 0.6 is 11.8 Å². The predicted molar refractivity (Wildman–Crippen MR) is 116 cm³/mol. The van der Waals surface area contributed by atoms with E-state index in [-0.39, 0.29) is 28.0 Å². The summed E-state index contributed by atoms with van der Waals surface area (Å²) in [6, 6.07) is 16.0. The lowest BCUT2D eigenvalue weighted by Crippen LogP contribution is -2.28. The molecule has 156 valence electrons. The molecule has 0 aliphatic rings. The number of nitrogens with zero attached hydrogens (tertiary/aromatic N) is 4. The van der Waals surface area contributed by atoms with Gasteiger partial charge < -0.3 is 9.47 Å². The molecule has 1 heterocycles. The number of ether oxygens (including phenoxy) is 2. The molecule has 2 aromatic carbocycles. The second kappa shape index (κ2) is 9.55.